The van der Waals surface area contributed by atoms with Gasteiger partial charge in [-0.3, -0.25) is 0 Å². The number of hydrogen-bond donors (Lipinski definition) is 0. The molecule has 2 aromatic rings. The highest BCUT2D eigenvalue weighted by Gasteiger charge is 1.95. The van der Waals surface area contributed by atoms with E-state index in [9.17, 15) is 0 Å². The highest BCUT2D eigenvalue weighted by atomic mass is 35.5. The van der Waals surface area contributed by atoms with Crippen molar-refractivity contribution in [2.45, 2.75) is 10.6 Å². The monoisotopic (exact) mass is 233 g/mol. The molecule has 0 bridgehead atoms. The second-order valence-corrected chi connectivity index (χ2v) is 4.60. The molecule has 0 N–H and O–H groups in total. The SMILES string of the molecule is Clc1ccc(CSc2[c]cccc2)cc1. The molecule has 0 aromatic heterocycles. The fourth-order valence-corrected chi connectivity index (χ4v) is 2.18. The smallest absolute Gasteiger partial charge is 0.0406 e. The van der Waals surface area contributed by atoms with Crippen LogP contribution in [-0.2, 0) is 5.75 Å². The molecule has 0 saturated carbocycles. The largest absolute Gasteiger partial charge is 0.121 e. The van der Waals surface area contributed by atoms with Crippen molar-refractivity contribution in [3.8, 4) is 0 Å². The zero-order valence-electron chi connectivity index (χ0n) is 8.11. The summed E-state index contributed by atoms with van der Waals surface area (Å²) in [5.74, 6) is 0.956. The summed E-state index contributed by atoms with van der Waals surface area (Å²) in [6.45, 7) is 0. The molecular formula is C13H10ClS. The molecule has 1 radical (unpaired) electrons. The van der Waals surface area contributed by atoms with Gasteiger partial charge in [0.25, 0.3) is 0 Å². The second-order valence-electron chi connectivity index (χ2n) is 3.14. The molecule has 15 heavy (non-hydrogen) atoms. The Labute approximate surface area is 99.3 Å². The first-order chi connectivity index (χ1) is 7.34. The highest BCUT2D eigenvalue weighted by Crippen LogP contribution is 2.22. The minimum atomic E-state index is 0.787. The minimum absolute atomic E-state index is 0.787. The topological polar surface area (TPSA) is 0 Å². The fraction of sp³-hybridized carbons (Fsp3) is 0.0769. The average molecular weight is 234 g/mol. The molecule has 0 saturated heterocycles. The van der Waals surface area contributed by atoms with Crippen molar-refractivity contribution in [2.24, 2.45) is 0 Å². The van der Waals surface area contributed by atoms with Crippen LogP contribution in [0.1, 0.15) is 5.56 Å². The van der Waals surface area contributed by atoms with Gasteiger partial charge in [0, 0.05) is 15.7 Å². The molecule has 0 aliphatic heterocycles. The first-order valence-corrected chi connectivity index (χ1v) is 6.05. The van der Waals surface area contributed by atoms with E-state index in [4.69, 9.17) is 11.6 Å². The zero-order valence-corrected chi connectivity index (χ0v) is 9.68. The molecule has 0 aliphatic rings. The molecule has 2 aromatic carbocycles. The van der Waals surface area contributed by atoms with Crippen LogP contribution in [0.15, 0.2) is 53.4 Å². The normalized spacial score (nSPS) is 10.2. The second kappa shape index (κ2) is 5.24. The van der Waals surface area contributed by atoms with Crippen molar-refractivity contribution in [1.82, 2.24) is 0 Å². The lowest BCUT2D eigenvalue weighted by Crippen LogP contribution is -1.79. The van der Waals surface area contributed by atoms with Gasteiger partial charge in [-0.2, -0.15) is 0 Å². The molecule has 0 heterocycles. The third-order valence-electron chi connectivity index (χ3n) is 1.99. The van der Waals surface area contributed by atoms with Gasteiger partial charge in [-0.15, -0.1) is 11.8 Å². The molecule has 2 rings (SSSR count). The van der Waals surface area contributed by atoms with Crippen molar-refractivity contribution < 1.29 is 0 Å². The Balaban J connectivity index is 1.96. The molecule has 0 amide bonds. The van der Waals surface area contributed by atoms with Crippen LogP contribution in [0.5, 0.6) is 0 Å². The summed E-state index contributed by atoms with van der Waals surface area (Å²) in [6, 6.07) is 19.2. The van der Waals surface area contributed by atoms with Crippen LogP contribution < -0.4 is 0 Å². The van der Waals surface area contributed by atoms with Crippen LogP contribution in [0.25, 0.3) is 0 Å². The van der Waals surface area contributed by atoms with Crippen molar-refractivity contribution in [3.05, 3.63) is 65.2 Å². The predicted octanol–water partition coefficient (Wildman–Crippen LogP) is 4.43. The van der Waals surface area contributed by atoms with Crippen LogP contribution >= 0.6 is 23.4 Å². The zero-order chi connectivity index (χ0) is 10.5. The molecule has 0 spiro atoms. The number of hydrogen-bond acceptors (Lipinski definition) is 1. The van der Waals surface area contributed by atoms with Crippen molar-refractivity contribution in [2.75, 3.05) is 0 Å². The Kier molecular flexibility index (Phi) is 3.70. The molecule has 0 aliphatic carbocycles. The molecule has 0 fully saturated rings. The number of thioether (sulfide) groups is 1. The van der Waals surface area contributed by atoms with E-state index < -0.39 is 0 Å². The summed E-state index contributed by atoms with van der Waals surface area (Å²) in [5, 5.41) is 0.787. The summed E-state index contributed by atoms with van der Waals surface area (Å²) in [5.41, 5.74) is 1.28. The van der Waals surface area contributed by atoms with E-state index >= 15 is 0 Å². The highest BCUT2D eigenvalue weighted by molar-refractivity contribution is 7.98. The lowest BCUT2D eigenvalue weighted by molar-refractivity contribution is 1.38. The summed E-state index contributed by atoms with van der Waals surface area (Å²) in [6.07, 6.45) is 0. The summed E-state index contributed by atoms with van der Waals surface area (Å²) >= 11 is 7.60. The van der Waals surface area contributed by atoms with Gasteiger partial charge in [0.2, 0.25) is 0 Å². The van der Waals surface area contributed by atoms with Gasteiger partial charge in [-0.05, 0) is 29.8 Å². The van der Waals surface area contributed by atoms with Gasteiger partial charge < -0.3 is 0 Å². The Bertz CT molecular complexity index is 408. The Morgan fingerprint density at radius 2 is 1.87 bits per heavy atom. The van der Waals surface area contributed by atoms with E-state index in [0.29, 0.717) is 0 Å². The molecule has 2 heteroatoms. The van der Waals surface area contributed by atoms with Gasteiger partial charge in [0.05, 0.1) is 0 Å². The maximum Gasteiger partial charge on any atom is 0.0406 e. The quantitative estimate of drug-likeness (QED) is 0.707. The third kappa shape index (κ3) is 3.29. The lowest BCUT2D eigenvalue weighted by atomic mass is 10.2. The van der Waals surface area contributed by atoms with Crippen LogP contribution in [-0.4, -0.2) is 0 Å². The van der Waals surface area contributed by atoms with E-state index in [2.05, 4.69) is 24.3 Å². The number of benzene rings is 2. The van der Waals surface area contributed by atoms with Crippen LogP contribution in [0.4, 0.5) is 0 Å². The van der Waals surface area contributed by atoms with Gasteiger partial charge in [0.1, 0.15) is 0 Å². The number of rotatable bonds is 3. The third-order valence-corrected chi connectivity index (χ3v) is 3.28. The maximum atomic E-state index is 5.82. The van der Waals surface area contributed by atoms with Crippen LogP contribution in [0.3, 0.4) is 0 Å². The first kappa shape index (κ1) is 10.6. The minimum Gasteiger partial charge on any atom is -0.121 e. The Morgan fingerprint density at radius 1 is 1.07 bits per heavy atom. The van der Waals surface area contributed by atoms with Crippen molar-refractivity contribution >= 4 is 23.4 Å². The molecule has 0 atom stereocenters. The summed E-state index contributed by atoms with van der Waals surface area (Å²) in [7, 11) is 0. The summed E-state index contributed by atoms with van der Waals surface area (Å²) < 4.78 is 0. The molecule has 0 unspecified atom stereocenters. The summed E-state index contributed by atoms with van der Waals surface area (Å²) in [4.78, 5) is 1.17. The molecular weight excluding hydrogens is 224 g/mol. The number of halogens is 1. The Hall–Kier alpha value is -0.920. The van der Waals surface area contributed by atoms with Gasteiger partial charge in [-0.1, -0.05) is 41.9 Å². The first-order valence-electron chi connectivity index (χ1n) is 4.68. The van der Waals surface area contributed by atoms with Crippen LogP contribution in [0, 0.1) is 6.07 Å². The van der Waals surface area contributed by atoms with E-state index in [1.165, 1.54) is 10.5 Å². The Morgan fingerprint density at radius 3 is 2.53 bits per heavy atom. The van der Waals surface area contributed by atoms with Gasteiger partial charge in [0.15, 0.2) is 0 Å². The lowest BCUT2D eigenvalue weighted by Gasteiger charge is -2.01. The average Bonchev–Trinajstić information content (AvgIpc) is 2.30. The van der Waals surface area contributed by atoms with Gasteiger partial charge in [-0.25, -0.2) is 0 Å². The van der Waals surface area contributed by atoms with Crippen LogP contribution in [0.2, 0.25) is 5.02 Å². The fourth-order valence-electron chi connectivity index (χ4n) is 1.21. The van der Waals surface area contributed by atoms with Gasteiger partial charge >= 0.3 is 0 Å². The van der Waals surface area contributed by atoms with E-state index in [1.807, 2.05) is 30.3 Å². The predicted molar refractivity (Wildman–Crippen MR) is 66.3 cm³/mol. The molecule has 0 nitrogen and oxygen atoms in total. The van der Waals surface area contributed by atoms with Crippen molar-refractivity contribution in [3.63, 3.8) is 0 Å². The van der Waals surface area contributed by atoms with Crippen molar-refractivity contribution in [1.29, 1.82) is 0 Å². The maximum absolute atomic E-state index is 5.82. The van der Waals surface area contributed by atoms with E-state index in [0.717, 1.165) is 10.8 Å². The van der Waals surface area contributed by atoms with E-state index in [1.54, 1.807) is 11.8 Å². The van der Waals surface area contributed by atoms with E-state index in [-0.39, 0.29) is 0 Å². The molecule has 75 valence electrons. The standard InChI is InChI=1S/C13H10ClS/c14-12-8-6-11(7-9-12)10-15-13-4-2-1-3-5-13/h1-4,6-9H,10H2.